The van der Waals surface area contributed by atoms with E-state index in [1.54, 1.807) is 36.4 Å². The van der Waals surface area contributed by atoms with Crippen LogP contribution in [-0.4, -0.2) is 24.7 Å². The molecule has 0 aliphatic heterocycles. The molecule has 3 aromatic rings. The number of hydrogen-bond donors (Lipinski definition) is 1. The lowest BCUT2D eigenvalue weighted by molar-refractivity contribution is -0.129. The number of carbonyl (C=O) groups excluding carboxylic acids is 2. The summed E-state index contributed by atoms with van der Waals surface area (Å²) in [5.41, 5.74) is 5.11. The van der Waals surface area contributed by atoms with Crippen LogP contribution in [0.25, 0.3) is 6.08 Å². The van der Waals surface area contributed by atoms with Crippen molar-refractivity contribution in [2.75, 3.05) is 6.61 Å². The Bertz CT molecular complexity index is 1070. The third-order valence-corrected chi connectivity index (χ3v) is 4.07. The second-order valence-corrected chi connectivity index (χ2v) is 6.63. The second kappa shape index (κ2) is 11.1. The van der Waals surface area contributed by atoms with Gasteiger partial charge in [0.15, 0.2) is 6.61 Å². The lowest BCUT2D eigenvalue weighted by atomic mass is 10.2. The third kappa shape index (κ3) is 7.62. The molecule has 0 heterocycles. The van der Waals surface area contributed by atoms with Crippen molar-refractivity contribution in [3.63, 3.8) is 0 Å². The number of amides is 1. The molecular weight excluding hydrogens is 392 g/mol. The number of hydrogen-bond acceptors (Lipinski definition) is 5. The summed E-state index contributed by atoms with van der Waals surface area (Å²) in [5.74, 6) is 0.206. The maximum atomic E-state index is 11.9. The first-order chi connectivity index (χ1) is 15.1. The van der Waals surface area contributed by atoms with Gasteiger partial charge in [0.05, 0.1) is 6.21 Å². The molecule has 1 amide bonds. The van der Waals surface area contributed by atoms with Crippen molar-refractivity contribution >= 4 is 24.2 Å². The summed E-state index contributed by atoms with van der Waals surface area (Å²) in [6.45, 7) is 1.82. The fourth-order valence-corrected chi connectivity index (χ4v) is 2.57. The van der Waals surface area contributed by atoms with Crippen LogP contribution < -0.4 is 14.9 Å². The minimum atomic E-state index is -0.467. The monoisotopic (exact) mass is 414 g/mol. The predicted molar refractivity (Wildman–Crippen MR) is 120 cm³/mol. The van der Waals surface area contributed by atoms with Gasteiger partial charge in [-0.3, -0.25) is 4.79 Å². The van der Waals surface area contributed by atoms with Crippen molar-refractivity contribution in [1.82, 2.24) is 5.43 Å². The Labute approximate surface area is 180 Å². The first-order valence-corrected chi connectivity index (χ1v) is 9.65. The van der Waals surface area contributed by atoms with E-state index in [0.717, 1.165) is 16.7 Å². The number of nitrogens with one attached hydrogen (secondary N) is 1. The van der Waals surface area contributed by atoms with E-state index < -0.39 is 5.97 Å². The molecule has 0 unspecified atom stereocenters. The highest BCUT2D eigenvalue weighted by Crippen LogP contribution is 2.13. The van der Waals surface area contributed by atoms with Crippen LogP contribution in [0, 0.1) is 6.92 Å². The van der Waals surface area contributed by atoms with Crippen LogP contribution in [-0.2, 0) is 9.59 Å². The van der Waals surface area contributed by atoms with Gasteiger partial charge >= 0.3 is 5.97 Å². The lowest BCUT2D eigenvalue weighted by Crippen LogP contribution is -2.24. The van der Waals surface area contributed by atoms with Crippen LogP contribution in [0.15, 0.2) is 90.0 Å². The van der Waals surface area contributed by atoms with Gasteiger partial charge in [-0.2, -0.15) is 5.10 Å². The third-order valence-electron chi connectivity index (χ3n) is 4.07. The molecule has 3 aromatic carbocycles. The fourth-order valence-electron chi connectivity index (χ4n) is 2.57. The van der Waals surface area contributed by atoms with Crippen LogP contribution >= 0.6 is 0 Å². The zero-order valence-corrected chi connectivity index (χ0v) is 17.0. The van der Waals surface area contributed by atoms with Crippen molar-refractivity contribution < 1.29 is 19.1 Å². The van der Waals surface area contributed by atoms with Gasteiger partial charge in [0.1, 0.15) is 11.5 Å². The summed E-state index contributed by atoms with van der Waals surface area (Å²) < 4.78 is 10.7. The molecule has 0 aliphatic carbocycles. The van der Waals surface area contributed by atoms with Crippen LogP contribution in [0.5, 0.6) is 11.5 Å². The van der Waals surface area contributed by atoms with Gasteiger partial charge < -0.3 is 9.47 Å². The first-order valence-electron chi connectivity index (χ1n) is 9.65. The number of rotatable bonds is 8. The van der Waals surface area contributed by atoms with E-state index in [4.69, 9.17) is 9.47 Å². The molecule has 0 aromatic heterocycles. The molecule has 0 bridgehead atoms. The van der Waals surface area contributed by atoms with Crippen molar-refractivity contribution in [1.29, 1.82) is 0 Å². The summed E-state index contributed by atoms with van der Waals surface area (Å²) in [4.78, 5) is 23.7. The quantitative estimate of drug-likeness (QED) is 0.198. The summed E-state index contributed by atoms with van der Waals surface area (Å²) in [5, 5.41) is 3.90. The molecule has 31 heavy (non-hydrogen) atoms. The van der Waals surface area contributed by atoms with E-state index >= 15 is 0 Å². The number of carbonyl (C=O) groups is 2. The Kier molecular flexibility index (Phi) is 7.71. The van der Waals surface area contributed by atoms with Gasteiger partial charge in [-0.15, -0.1) is 0 Å². The maximum absolute atomic E-state index is 11.9. The molecule has 0 atom stereocenters. The van der Waals surface area contributed by atoms with Gasteiger partial charge in [-0.25, -0.2) is 10.2 Å². The summed E-state index contributed by atoms with van der Waals surface area (Å²) >= 11 is 0. The van der Waals surface area contributed by atoms with E-state index in [-0.39, 0.29) is 12.5 Å². The SMILES string of the molecule is Cc1cccc(OCC(=O)NN=Cc2ccc(OC(=O)C=Cc3ccccc3)cc2)c1. The molecule has 156 valence electrons. The summed E-state index contributed by atoms with van der Waals surface area (Å²) in [6.07, 6.45) is 4.55. The van der Waals surface area contributed by atoms with E-state index in [2.05, 4.69) is 10.5 Å². The molecule has 1 N–H and O–H groups in total. The maximum Gasteiger partial charge on any atom is 0.336 e. The Morgan fingerprint density at radius 1 is 0.903 bits per heavy atom. The van der Waals surface area contributed by atoms with Crippen LogP contribution in [0.3, 0.4) is 0 Å². The Balaban J connectivity index is 1.43. The zero-order valence-electron chi connectivity index (χ0n) is 17.0. The average molecular weight is 414 g/mol. The highest BCUT2D eigenvalue weighted by atomic mass is 16.5. The highest BCUT2D eigenvalue weighted by molar-refractivity contribution is 5.89. The molecule has 0 saturated carbocycles. The van der Waals surface area contributed by atoms with E-state index in [1.807, 2.05) is 55.5 Å². The fraction of sp³-hybridized carbons (Fsp3) is 0.0800. The molecule has 0 aliphatic rings. The van der Waals surface area contributed by atoms with Gasteiger partial charge in [-0.1, -0.05) is 42.5 Å². The Morgan fingerprint density at radius 2 is 1.68 bits per heavy atom. The van der Waals surface area contributed by atoms with E-state index in [1.165, 1.54) is 12.3 Å². The number of esters is 1. The molecule has 6 nitrogen and oxygen atoms in total. The molecule has 3 rings (SSSR count). The number of ether oxygens (including phenoxy) is 2. The number of nitrogens with zero attached hydrogens (tertiary/aromatic N) is 1. The largest absolute Gasteiger partial charge is 0.484 e. The van der Waals surface area contributed by atoms with E-state index in [9.17, 15) is 9.59 Å². The van der Waals surface area contributed by atoms with Crippen molar-refractivity contribution in [3.05, 3.63) is 102 Å². The smallest absolute Gasteiger partial charge is 0.336 e. The van der Waals surface area contributed by atoms with Gasteiger partial charge in [0.2, 0.25) is 0 Å². The Morgan fingerprint density at radius 3 is 2.42 bits per heavy atom. The molecule has 0 saturated heterocycles. The molecule has 0 spiro atoms. The van der Waals surface area contributed by atoms with E-state index in [0.29, 0.717) is 11.5 Å². The average Bonchev–Trinajstić information content (AvgIpc) is 2.78. The topological polar surface area (TPSA) is 77.0 Å². The van der Waals surface area contributed by atoms with Gasteiger partial charge in [-0.05, 0) is 66.1 Å². The van der Waals surface area contributed by atoms with Crippen molar-refractivity contribution in [2.45, 2.75) is 6.92 Å². The lowest BCUT2D eigenvalue weighted by Gasteiger charge is -2.05. The van der Waals surface area contributed by atoms with Gasteiger partial charge in [0, 0.05) is 6.08 Å². The first kappa shape index (κ1) is 21.5. The normalized spacial score (nSPS) is 10.9. The predicted octanol–water partition coefficient (Wildman–Crippen LogP) is 4.14. The van der Waals surface area contributed by atoms with Crippen LogP contribution in [0.4, 0.5) is 0 Å². The number of benzene rings is 3. The molecular formula is C25H22N2O4. The minimum absolute atomic E-state index is 0.133. The standard InChI is InChI=1S/C25H22N2O4/c1-19-6-5-9-23(16-19)30-18-24(28)27-26-17-21-10-13-22(14-11-21)31-25(29)15-12-20-7-3-2-4-8-20/h2-17H,18H2,1H3,(H,27,28). The number of hydrazone groups is 1. The summed E-state index contributed by atoms with van der Waals surface area (Å²) in [7, 11) is 0. The van der Waals surface area contributed by atoms with Crippen LogP contribution in [0.2, 0.25) is 0 Å². The second-order valence-electron chi connectivity index (χ2n) is 6.63. The minimum Gasteiger partial charge on any atom is -0.484 e. The zero-order chi connectivity index (χ0) is 21.9. The highest BCUT2D eigenvalue weighted by Gasteiger charge is 2.02. The van der Waals surface area contributed by atoms with Crippen LogP contribution in [0.1, 0.15) is 16.7 Å². The molecule has 0 fully saturated rings. The van der Waals surface area contributed by atoms with Gasteiger partial charge in [0.25, 0.3) is 5.91 Å². The molecule has 6 heteroatoms. The van der Waals surface area contributed by atoms with Crippen molar-refractivity contribution in [3.8, 4) is 11.5 Å². The van der Waals surface area contributed by atoms with Crippen molar-refractivity contribution in [2.24, 2.45) is 5.10 Å². The Hall–Kier alpha value is -4.19. The summed E-state index contributed by atoms with van der Waals surface area (Å²) in [6, 6.07) is 23.7. The molecule has 0 radical (unpaired) electrons. The number of aryl methyl sites for hydroxylation is 1.